The summed E-state index contributed by atoms with van der Waals surface area (Å²) < 4.78 is 5.71. The molecule has 2 rings (SSSR count). The van der Waals surface area contributed by atoms with E-state index in [9.17, 15) is 9.59 Å². The molecule has 0 unspecified atom stereocenters. The molecule has 0 radical (unpaired) electrons. The maximum absolute atomic E-state index is 11.9. The van der Waals surface area contributed by atoms with Crippen LogP contribution in [0.15, 0.2) is 30.3 Å². The fourth-order valence-corrected chi connectivity index (χ4v) is 2.76. The fourth-order valence-electron chi connectivity index (χ4n) is 1.80. The van der Waals surface area contributed by atoms with E-state index < -0.39 is 0 Å². The number of methoxy groups -OCH3 is 1. The third kappa shape index (κ3) is 4.22. The molecule has 7 heteroatoms. The van der Waals surface area contributed by atoms with Gasteiger partial charge in [0.15, 0.2) is 0 Å². The predicted octanol–water partition coefficient (Wildman–Crippen LogP) is 3.09. The van der Waals surface area contributed by atoms with E-state index in [0.717, 1.165) is 16.9 Å². The zero-order valence-corrected chi connectivity index (χ0v) is 13.7. The van der Waals surface area contributed by atoms with Gasteiger partial charge in [0.1, 0.15) is 5.75 Å². The molecule has 22 heavy (non-hydrogen) atoms. The Kier molecular flexibility index (Phi) is 5.41. The quantitative estimate of drug-likeness (QED) is 0.880. The molecule has 2 aromatic rings. The number of amides is 2. The Bertz CT molecular complexity index is 700. The Morgan fingerprint density at radius 2 is 2.05 bits per heavy atom. The predicted molar refractivity (Wildman–Crippen MR) is 88.0 cm³/mol. The van der Waals surface area contributed by atoms with Gasteiger partial charge in [0.2, 0.25) is 5.91 Å². The second-order valence-electron chi connectivity index (χ2n) is 4.54. The first-order valence-electron chi connectivity index (χ1n) is 6.47. The lowest BCUT2D eigenvalue weighted by Gasteiger charge is -2.11. The maximum Gasteiger partial charge on any atom is 0.261 e. The molecule has 1 aromatic heterocycles. The summed E-state index contributed by atoms with van der Waals surface area (Å²) >= 11 is 6.93. The topological polar surface area (TPSA) is 67.4 Å². The lowest BCUT2D eigenvalue weighted by atomic mass is 10.2. The van der Waals surface area contributed by atoms with Crippen LogP contribution in [0.4, 0.5) is 5.69 Å². The maximum atomic E-state index is 11.9. The summed E-state index contributed by atoms with van der Waals surface area (Å²) in [5.74, 6) is -0.0986. The molecule has 2 amide bonds. The summed E-state index contributed by atoms with van der Waals surface area (Å²) in [6, 6.07) is 8.72. The molecule has 1 aromatic carbocycles. The van der Waals surface area contributed by atoms with Gasteiger partial charge in [-0.25, -0.2) is 0 Å². The van der Waals surface area contributed by atoms with Crippen molar-refractivity contribution in [3.8, 4) is 5.75 Å². The van der Waals surface area contributed by atoms with Crippen molar-refractivity contribution < 1.29 is 14.3 Å². The number of carbonyl (C=O) groups excluding carboxylic acids is 2. The van der Waals surface area contributed by atoms with Crippen LogP contribution in [0.2, 0.25) is 4.34 Å². The first-order valence-corrected chi connectivity index (χ1v) is 7.67. The Morgan fingerprint density at radius 1 is 1.27 bits per heavy atom. The van der Waals surface area contributed by atoms with Gasteiger partial charge in [0.05, 0.1) is 28.6 Å². The summed E-state index contributed by atoms with van der Waals surface area (Å²) in [4.78, 5) is 24.2. The summed E-state index contributed by atoms with van der Waals surface area (Å²) in [5, 5.41) is 5.26. The van der Waals surface area contributed by atoms with E-state index in [1.54, 1.807) is 24.3 Å². The highest BCUT2D eigenvalue weighted by Gasteiger charge is 2.12. The number of nitrogens with one attached hydrogen (secondary N) is 2. The molecule has 0 bridgehead atoms. The van der Waals surface area contributed by atoms with E-state index in [4.69, 9.17) is 16.3 Å². The number of benzene rings is 1. The zero-order chi connectivity index (χ0) is 16.1. The Balaban J connectivity index is 1.93. The van der Waals surface area contributed by atoms with Gasteiger partial charge in [0.25, 0.3) is 5.91 Å². The first kappa shape index (κ1) is 16.3. The van der Waals surface area contributed by atoms with Gasteiger partial charge in [-0.05, 0) is 36.8 Å². The number of hydrogen-bond acceptors (Lipinski definition) is 4. The van der Waals surface area contributed by atoms with Crippen molar-refractivity contribution in [2.24, 2.45) is 0 Å². The largest absolute Gasteiger partial charge is 0.495 e. The van der Waals surface area contributed by atoms with E-state index in [1.165, 1.54) is 7.11 Å². The van der Waals surface area contributed by atoms with Crippen molar-refractivity contribution in [3.63, 3.8) is 0 Å². The molecule has 0 saturated carbocycles. The van der Waals surface area contributed by atoms with Gasteiger partial charge in [0, 0.05) is 0 Å². The SMILES string of the molecule is COc1ccc(C)cc1NC(=O)CNC(=O)c1ccc(Cl)s1. The summed E-state index contributed by atoms with van der Waals surface area (Å²) in [7, 11) is 1.53. The lowest BCUT2D eigenvalue weighted by molar-refractivity contribution is -0.115. The number of halogens is 1. The molecule has 0 atom stereocenters. The van der Waals surface area contributed by atoms with Crippen molar-refractivity contribution in [2.45, 2.75) is 6.92 Å². The third-order valence-corrected chi connectivity index (χ3v) is 4.07. The van der Waals surface area contributed by atoms with E-state index in [1.807, 2.05) is 13.0 Å². The average molecular weight is 339 g/mol. The van der Waals surface area contributed by atoms with Crippen molar-refractivity contribution in [1.29, 1.82) is 0 Å². The smallest absolute Gasteiger partial charge is 0.261 e. The van der Waals surface area contributed by atoms with E-state index in [2.05, 4.69) is 10.6 Å². The van der Waals surface area contributed by atoms with Crippen molar-refractivity contribution >= 4 is 40.4 Å². The molecule has 0 aliphatic carbocycles. The van der Waals surface area contributed by atoms with E-state index in [0.29, 0.717) is 20.7 Å². The number of hydrogen-bond donors (Lipinski definition) is 2. The highest BCUT2D eigenvalue weighted by Crippen LogP contribution is 2.25. The Morgan fingerprint density at radius 3 is 2.68 bits per heavy atom. The minimum atomic E-state index is -0.333. The molecule has 0 fully saturated rings. The molecular formula is C15H15ClN2O3S. The number of carbonyl (C=O) groups is 2. The summed E-state index contributed by atoms with van der Waals surface area (Å²) in [6.45, 7) is 1.78. The second-order valence-corrected chi connectivity index (χ2v) is 6.25. The lowest BCUT2D eigenvalue weighted by Crippen LogP contribution is -2.32. The van der Waals surface area contributed by atoms with Crippen LogP contribution in [0.3, 0.4) is 0 Å². The Hall–Kier alpha value is -2.05. The monoisotopic (exact) mass is 338 g/mol. The number of rotatable bonds is 5. The zero-order valence-electron chi connectivity index (χ0n) is 12.1. The summed E-state index contributed by atoms with van der Waals surface area (Å²) in [5.41, 5.74) is 1.56. The molecule has 116 valence electrons. The van der Waals surface area contributed by atoms with Crippen LogP contribution in [-0.4, -0.2) is 25.5 Å². The van der Waals surface area contributed by atoms with Crippen LogP contribution in [-0.2, 0) is 4.79 Å². The highest BCUT2D eigenvalue weighted by molar-refractivity contribution is 7.18. The minimum absolute atomic E-state index is 0.133. The van der Waals surface area contributed by atoms with Gasteiger partial charge >= 0.3 is 0 Å². The van der Waals surface area contributed by atoms with Crippen molar-refractivity contribution in [1.82, 2.24) is 5.32 Å². The summed E-state index contributed by atoms with van der Waals surface area (Å²) in [6.07, 6.45) is 0. The Labute approximate surface area is 137 Å². The van der Waals surface area contributed by atoms with Crippen molar-refractivity contribution in [3.05, 3.63) is 45.1 Å². The highest BCUT2D eigenvalue weighted by atomic mass is 35.5. The average Bonchev–Trinajstić information content (AvgIpc) is 2.92. The van der Waals surface area contributed by atoms with Crippen LogP contribution in [0.5, 0.6) is 5.75 Å². The fraction of sp³-hybridized carbons (Fsp3) is 0.200. The van der Waals surface area contributed by atoms with Crippen LogP contribution < -0.4 is 15.4 Å². The number of aryl methyl sites for hydroxylation is 1. The van der Waals surface area contributed by atoms with E-state index in [-0.39, 0.29) is 18.4 Å². The van der Waals surface area contributed by atoms with Crippen LogP contribution >= 0.6 is 22.9 Å². The first-order chi connectivity index (χ1) is 10.5. The van der Waals surface area contributed by atoms with Gasteiger partial charge in [-0.2, -0.15) is 0 Å². The normalized spacial score (nSPS) is 10.1. The van der Waals surface area contributed by atoms with Crippen LogP contribution in [0.25, 0.3) is 0 Å². The molecule has 0 aliphatic rings. The van der Waals surface area contributed by atoms with Gasteiger partial charge < -0.3 is 15.4 Å². The van der Waals surface area contributed by atoms with Gasteiger partial charge in [-0.1, -0.05) is 17.7 Å². The minimum Gasteiger partial charge on any atom is -0.495 e. The standard InChI is InChI=1S/C15H15ClN2O3S/c1-9-3-4-11(21-2)10(7-9)18-14(19)8-17-15(20)12-5-6-13(16)22-12/h3-7H,8H2,1-2H3,(H,17,20)(H,18,19). The molecule has 1 heterocycles. The third-order valence-electron chi connectivity index (χ3n) is 2.84. The molecule has 0 spiro atoms. The molecular weight excluding hydrogens is 324 g/mol. The molecule has 2 N–H and O–H groups in total. The van der Waals surface area contributed by atoms with Crippen LogP contribution in [0.1, 0.15) is 15.2 Å². The number of anilines is 1. The molecule has 0 saturated heterocycles. The van der Waals surface area contributed by atoms with Gasteiger partial charge in [-0.15, -0.1) is 11.3 Å². The van der Waals surface area contributed by atoms with E-state index >= 15 is 0 Å². The van der Waals surface area contributed by atoms with Crippen LogP contribution in [0, 0.1) is 6.92 Å². The molecule has 5 nitrogen and oxygen atoms in total. The van der Waals surface area contributed by atoms with Gasteiger partial charge in [-0.3, -0.25) is 9.59 Å². The second kappa shape index (κ2) is 7.29. The number of ether oxygens (including phenoxy) is 1. The van der Waals surface area contributed by atoms with Crippen molar-refractivity contribution in [2.75, 3.05) is 19.0 Å². The number of thiophene rings is 1. The molecule has 0 aliphatic heterocycles.